The first-order chi connectivity index (χ1) is 12.1. The Kier molecular flexibility index (Phi) is 3.69. The zero-order valence-corrected chi connectivity index (χ0v) is 13.8. The minimum absolute atomic E-state index is 0.0315. The highest BCUT2D eigenvalue weighted by Crippen LogP contribution is 2.31. The fraction of sp³-hybridized carbons (Fsp3) is 0.0909. The van der Waals surface area contributed by atoms with Crippen molar-refractivity contribution in [1.29, 1.82) is 0 Å². The molecule has 25 heavy (non-hydrogen) atoms. The van der Waals surface area contributed by atoms with Gasteiger partial charge in [0.15, 0.2) is 5.78 Å². The molecule has 4 rings (SSSR count). The van der Waals surface area contributed by atoms with Crippen LogP contribution in [0.15, 0.2) is 66.2 Å². The summed E-state index contributed by atoms with van der Waals surface area (Å²) in [6, 6.07) is 18.8. The van der Waals surface area contributed by atoms with Crippen LogP contribution in [0.3, 0.4) is 0 Å². The molecule has 0 amide bonds. The summed E-state index contributed by atoms with van der Waals surface area (Å²) >= 11 is 0. The smallest absolute Gasteiger partial charge is 0.338 e. The summed E-state index contributed by atoms with van der Waals surface area (Å²) in [4.78, 5) is 24.9. The third kappa shape index (κ3) is 2.74. The Bertz CT molecular complexity index is 1020. The van der Waals surface area contributed by atoms with Crippen LogP contribution in [0, 0.1) is 6.92 Å². The molecule has 0 N–H and O–H groups in total. The van der Waals surface area contributed by atoms with Gasteiger partial charge < -0.3 is 4.74 Å². The molecule has 0 aromatic heterocycles. The third-order valence-electron chi connectivity index (χ3n) is 4.45. The minimum atomic E-state index is -0.425. The second kappa shape index (κ2) is 6.02. The molecule has 3 aromatic carbocycles. The number of Topliss-reactive ketones (excluding diaryl/α,β-unsaturated/α-hetero) is 1. The summed E-state index contributed by atoms with van der Waals surface area (Å²) in [6.07, 6.45) is 1.82. The zero-order chi connectivity index (χ0) is 17.4. The van der Waals surface area contributed by atoms with Crippen molar-refractivity contribution in [2.75, 3.05) is 6.61 Å². The molecule has 122 valence electrons. The maximum atomic E-state index is 12.7. The van der Waals surface area contributed by atoms with Gasteiger partial charge in [-0.1, -0.05) is 54.1 Å². The molecule has 0 heterocycles. The number of ketones is 1. The van der Waals surface area contributed by atoms with Crippen LogP contribution < -0.4 is 0 Å². The van der Waals surface area contributed by atoms with E-state index in [1.54, 1.807) is 12.1 Å². The molecule has 3 aromatic rings. The lowest BCUT2D eigenvalue weighted by molar-refractivity contribution is 0.0538. The van der Waals surface area contributed by atoms with Gasteiger partial charge in [-0.05, 0) is 36.1 Å². The number of benzene rings is 3. The predicted molar refractivity (Wildman–Crippen MR) is 97.7 cm³/mol. The number of esters is 1. The summed E-state index contributed by atoms with van der Waals surface area (Å²) in [7, 11) is 0. The number of hydrogen-bond acceptors (Lipinski definition) is 3. The van der Waals surface area contributed by atoms with E-state index in [0.717, 1.165) is 21.9 Å². The number of rotatable bonds is 3. The Morgan fingerprint density at radius 3 is 2.44 bits per heavy atom. The molecule has 0 aliphatic heterocycles. The first-order valence-corrected chi connectivity index (χ1v) is 8.14. The minimum Gasteiger partial charge on any atom is -0.457 e. The number of ether oxygens (including phenoxy) is 1. The van der Waals surface area contributed by atoms with Crippen LogP contribution in [0.5, 0.6) is 0 Å². The molecule has 0 bridgehead atoms. The lowest BCUT2D eigenvalue weighted by atomic mass is 9.88. The average Bonchev–Trinajstić information content (AvgIpc) is 2.64. The van der Waals surface area contributed by atoms with Crippen molar-refractivity contribution in [2.24, 2.45) is 0 Å². The normalized spacial score (nSPS) is 12.8. The molecule has 0 atom stereocenters. The van der Waals surface area contributed by atoms with Crippen LogP contribution in [0.2, 0.25) is 0 Å². The Hall–Kier alpha value is -3.20. The fourth-order valence-corrected chi connectivity index (χ4v) is 3.13. The van der Waals surface area contributed by atoms with Gasteiger partial charge in [-0.3, -0.25) is 4.79 Å². The fourth-order valence-electron chi connectivity index (χ4n) is 3.13. The van der Waals surface area contributed by atoms with E-state index in [4.69, 9.17) is 4.74 Å². The van der Waals surface area contributed by atoms with Crippen LogP contribution in [0.4, 0.5) is 0 Å². The lowest BCUT2D eigenvalue weighted by Crippen LogP contribution is -2.16. The van der Waals surface area contributed by atoms with Gasteiger partial charge in [0, 0.05) is 16.5 Å². The topological polar surface area (TPSA) is 43.4 Å². The monoisotopic (exact) mass is 328 g/mol. The molecule has 3 heteroatoms. The molecule has 1 aliphatic rings. The first-order valence-electron chi connectivity index (χ1n) is 8.14. The second-order valence-electron chi connectivity index (χ2n) is 6.19. The van der Waals surface area contributed by atoms with E-state index in [1.165, 1.54) is 0 Å². The highest BCUT2D eigenvalue weighted by atomic mass is 16.5. The first kappa shape index (κ1) is 15.3. The molecular weight excluding hydrogens is 312 g/mol. The summed E-state index contributed by atoms with van der Waals surface area (Å²) in [5.74, 6) is -0.508. The van der Waals surface area contributed by atoms with Crippen LogP contribution in [-0.4, -0.2) is 18.4 Å². The van der Waals surface area contributed by atoms with Crippen LogP contribution in [-0.2, 0) is 4.74 Å². The third-order valence-corrected chi connectivity index (χ3v) is 4.45. The molecule has 0 saturated carbocycles. The van der Waals surface area contributed by atoms with Gasteiger partial charge in [-0.15, -0.1) is 0 Å². The van der Waals surface area contributed by atoms with Gasteiger partial charge in [0.1, 0.15) is 6.61 Å². The van der Waals surface area contributed by atoms with E-state index in [0.29, 0.717) is 16.7 Å². The van der Waals surface area contributed by atoms with Crippen molar-refractivity contribution in [3.05, 3.63) is 88.5 Å². The standard InChI is InChI=1S/C22H16O3/c1-14-8-10-16(11-9-14)22(24)25-13-18-12-17-6-2-4-15-5-3-7-19(20(15)17)21(18)23/h2-12H,13H2,1H3. The highest BCUT2D eigenvalue weighted by molar-refractivity contribution is 6.23. The van der Waals surface area contributed by atoms with E-state index in [9.17, 15) is 9.59 Å². The van der Waals surface area contributed by atoms with Crippen molar-refractivity contribution in [1.82, 2.24) is 0 Å². The van der Waals surface area contributed by atoms with Crippen molar-refractivity contribution in [3.63, 3.8) is 0 Å². The highest BCUT2D eigenvalue weighted by Gasteiger charge is 2.22. The number of carbonyl (C=O) groups is 2. The van der Waals surface area contributed by atoms with Gasteiger partial charge >= 0.3 is 5.97 Å². The SMILES string of the molecule is Cc1ccc(C(=O)OCC2=Cc3cccc4cccc(c34)C2=O)cc1. The molecular formula is C22H16O3. The maximum Gasteiger partial charge on any atom is 0.338 e. The zero-order valence-electron chi connectivity index (χ0n) is 13.8. The quantitative estimate of drug-likeness (QED) is 0.661. The molecule has 3 nitrogen and oxygen atoms in total. The second-order valence-corrected chi connectivity index (χ2v) is 6.19. The van der Waals surface area contributed by atoms with Crippen molar-refractivity contribution < 1.29 is 14.3 Å². The molecule has 0 spiro atoms. The molecule has 0 saturated heterocycles. The van der Waals surface area contributed by atoms with Crippen LogP contribution in [0.1, 0.15) is 31.8 Å². The lowest BCUT2D eigenvalue weighted by Gasteiger charge is -2.17. The van der Waals surface area contributed by atoms with E-state index < -0.39 is 5.97 Å². The maximum absolute atomic E-state index is 12.7. The summed E-state index contributed by atoms with van der Waals surface area (Å²) in [5.41, 5.74) is 3.70. The Morgan fingerprint density at radius 2 is 1.68 bits per heavy atom. The van der Waals surface area contributed by atoms with Crippen molar-refractivity contribution in [2.45, 2.75) is 6.92 Å². The van der Waals surface area contributed by atoms with Gasteiger partial charge in [-0.25, -0.2) is 4.79 Å². The van der Waals surface area contributed by atoms with E-state index in [1.807, 2.05) is 61.5 Å². The summed E-state index contributed by atoms with van der Waals surface area (Å²) in [5, 5.41) is 2.00. The largest absolute Gasteiger partial charge is 0.457 e. The van der Waals surface area contributed by atoms with Crippen molar-refractivity contribution >= 4 is 28.6 Å². The Labute approximate surface area is 145 Å². The van der Waals surface area contributed by atoms with E-state index in [2.05, 4.69) is 0 Å². The molecule has 0 unspecified atom stereocenters. The Morgan fingerprint density at radius 1 is 0.960 bits per heavy atom. The molecule has 1 aliphatic carbocycles. The van der Waals surface area contributed by atoms with E-state index >= 15 is 0 Å². The summed E-state index contributed by atoms with van der Waals surface area (Å²) < 4.78 is 5.36. The van der Waals surface area contributed by atoms with Gasteiger partial charge in [0.05, 0.1) is 5.56 Å². The molecule has 0 fully saturated rings. The predicted octanol–water partition coefficient (Wildman–Crippen LogP) is 4.58. The number of aryl methyl sites for hydroxylation is 1. The van der Waals surface area contributed by atoms with Gasteiger partial charge in [-0.2, -0.15) is 0 Å². The van der Waals surface area contributed by atoms with Crippen LogP contribution >= 0.6 is 0 Å². The average molecular weight is 328 g/mol. The number of hydrogen-bond donors (Lipinski definition) is 0. The number of carbonyl (C=O) groups excluding carboxylic acids is 2. The van der Waals surface area contributed by atoms with E-state index in [-0.39, 0.29) is 12.4 Å². The summed E-state index contributed by atoms with van der Waals surface area (Å²) in [6.45, 7) is 1.93. The van der Waals surface area contributed by atoms with Crippen molar-refractivity contribution in [3.8, 4) is 0 Å². The van der Waals surface area contributed by atoms with Gasteiger partial charge in [0.2, 0.25) is 0 Å². The van der Waals surface area contributed by atoms with Gasteiger partial charge in [0.25, 0.3) is 0 Å². The van der Waals surface area contributed by atoms with Crippen LogP contribution in [0.25, 0.3) is 16.8 Å². The molecule has 0 radical (unpaired) electrons. The Balaban J connectivity index is 1.60.